The van der Waals surface area contributed by atoms with Gasteiger partial charge in [-0.05, 0) is 31.0 Å². The smallest absolute Gasteiger partial charge is 0.305 e. The summed E-state index contributed by atoms with van der Waals surface area (Å²) >= 11 is 0. The molecule has 1 amide bonds. The summed E-state index contributed by atoms with van der Waals surface area (Å²) < 4.78 is 5.60. The number of rotatable bonds is 6. The number of fused-ring (bicyclic) bond motifs is 1. The number of amides is 1. The van der Waals surface area contributed by atoms with Gasteiger partial charge in [-0.3, -0.25) is 9.59 Å². The number of aromatic amines is 1. The maximum atomic E-state index is 12.9. The van der Waals surface area contributed by atoms with E-state index in [1.165, 1.54) is 0 Å². The normalized spacial score (nSPS) is 17.5. The lowest BCUT2D eigenvalue weighted by atomic mass is 10.1. The highest BCUT2D eigenvalue weighted by atomic mass is 16.5. The van der Waals surface area contributed by atoms with E-state index in [2.05, 4.69) is 4.98 Å². The molecule has 0 saturated carbocycles. The van der Waals surface area contributed by atoms with E-state index in [1.54, 1.807) is 17.2 Å². The van der Waals surface area contributed by atoms with Crippen LogP contribution in [0.4, 0.5) is 0 Å². The lowest BCUT2D eigenvalue weighted by Crippen LogP contribution is -2.38. The van der Waals surface area contributed by atoms with Gasteiger partial charge in [-0.15, -0.1) is 0 Å². The van der Waals surface area contributed by atoms with E-state index in [9.17, 15) is 9.59 Å². The van der Waals surface area contributed by atoms with Crippen LogP contribution in [0.2, 0.25) is 0 Å². The number of hydrogen-bond donors (Lipinski definition) is 2. The highest BCUT2D eigenvalue weighted by molar-refractivity contribution is 6.06. The molecule has 3 rings (SSSR count). The van der Waals surface area contributed by atoms with Crippen molar-refractivity contribution >= 4 is 22.8 Å². The third kappa shape index (κ3) is 3.53. The monoisotopic (exact) mass is 316 g/mol. The molecule has 23 heavy (non-hydrogen) atoms. The molecular formula is C17H20N2O4. The second-order valence-electron chi connectivity index (χ2n) is 5.77. The summed E-state index contributed by atoms with van der Waals surface area (Å²) in [7, 11) is 0. The first-order valence-electron chi connectivity index (χ1n) is 7.84. The van der Waals surface area contributed by atoms with Crippen LogP contribution < -0.4 is 0 Å². The molecule has 0 aliphatic carbocycles. The molecule has 0 spiro atoms. The standard InChI is InChI=1S/C17H20N2O4/c20-16(21)7-9-19(11-12-3-2-10-23-12)17(22)14-4-1-5-15-13(14)6-8-18-15/h1,4-6,8,12,18H,2-3,7,9-11H2,(H,20,21)/t12-/m0/s1. The number of carbonyl (C=O) groups excluding carboxylic acids is 1. The van der Waals surface area contributed by atoms with Gasteiger partial charge in [0.2, 0.25) is 0 Å². The van der Waals surface area contributed by atoms with Crippen molar-refractivity contribution in [3.05, 3.63) is 36.0 Å². The predicted octanol–water partition coefficient (Wildman–Crippen LogP) is 2.26. The van der Waals surface area contributed by atoms with Gasteiger partial charge in [0.25, 0.3) is 5.91 Å². The summed E-state index contributed by atoms with van der Waals surface area (Å²) in [5, 5.41) is 9.79. The van der Waals surface area contributed by atoms with Gasteiger partial charge < -0.3 is 19.7 Å². The van der Waals surface area contributed by atoms with Crippen molar-refractivity contribution in [1.29, 1.82) is 0 Å². The van der Waals surface area contributed by atoms with Gasteiger partial charge in [0.05, 0.1) is 12.5 Å². The molecule has 1 fully saturated rings. The third-order valence-electron chi connectivity index (χ3n) is 4.16. The molecule has 0 radical (unpaired) electrons. The van der Waals surface area contributed by atoms with E-state index in [-0.39, 0.29) is 25.0 Å². The largest absolute Gasteiger partial charge is 0.481 e. The highest BCUT2D eigenvalue weighted by Gasteiger charge is 2.24. The Labute approximate surface area is 134 Å². The van der Waals surface area contributed by atoms with Gasteiger partial charge in [0, 0.05) is 42.4 Å². The Morgan fingerprint density at radius 1 is 1.35 bits per heavy atom. The van der Waals surface area contributed by atoms with E-state index < -0.39 is 5.97 Å². The molecular weight excluding hydrogens is 296 g/mol. The van der Waals surface area contributed by atoms with E-state index >= 15 is 0 Å². The van der Waals surface area contributed by atoms with E-state index in [0.717, 1.165) is 23.7 Å². The first kappa shape index (κ1) is 15.6. The summed E-state index contributed by atoms with van der Waals surface area (Å²) in [6.45, 7) is 1.33. The summed E-state index contributed by atoms with van der Waals surface area (Å²) in [5.74, 6) is -1.05. The Morgan fingerprint density at radius 2 is 2.22 bits per heavy atom. The van der Waals surface area contributed by atoms with Crippen molar-refractivity contribution in [3.8, 4) is 0 Å². The minimum atomic E-state index is -0.907. The Hall–Kier alpha value is -2.34. The number of H-pyrrole nitrogens is 1. The minimum absolute atomic E-state index is 0.00169. The maximum absolute atomic E-state index is 12.9. The van der Waals surface area contributed by atoms with Crippen molar-refractivity contribution < 1.29 is 19.4 Å². The number of aliphatic carboxylic acids is 1. The second-order valence-corrected chi connectivity index (χ2v) is 5.77. The van der Waals surface area contributed by atoms with Crippen LogP contribution in [0.25, 0.3) is 10.9 Å². The molecule has 0 unspecified atom stereocenters. The van der Waals surface area contributed by atoms with Crippen molar-refractivity contribution in [2.24, 2.45) is 0 Å². The van der Waals surface area contributed by atoms with E-state index in [4.69, 9.17) is 9.84 Å². The lowest BCUT2D eigenvalue weighted by molar-refractivity contribution is -0.137. The molecule has 2 heterocycles. The molecule has 1 aromatic heterocycles. The number of ether oxygens (including phenoxy) is 1. The van der Waals surface area contributed by atoms with Crippen LogP contribution in [0, 0.1) is 0 Å². The minimum Gasteiger partial charge on any atom is -0.481 e. The molecule has 6 heteroatoms. The quantitative estimate of drug-likeness (QED) is 0.856. The van der Waals surface area contributed by atoms with Gasteiger partial charge in [0.1, 0.15) is 0 Å². The van der Waals surface area contributed by atoms with Gasteiger partial charge >= 0.3 is 5.97 Å². The SMILES string of the molecule is O=C(O)CCN(C[C@@H]1CCCO1)C(=O)c1cccc2[nH]ccc12. The first-order chi connectivity index (χ1) is 11.1. The third-order valence-corrected chi connectivity index (χ3v) is 4.16. The zero-order chi connectivity index (χ0) is 16.2. The lowest BCUT2D eigenvalue weighted by Gasteiger charge is -2.25. The topological polar surface area (TPSA) is 82.6 Å². The molecule has 1 aliphatic heterocycles. The van der Waals surface area contributed by atoms with Crippen LogP contribution in [-0.4, -0.2) is 52.7 Å². The molecule has 1 aliphatic rings. The van der Waals surface area contributed by atoms with Crippen molar-refractivity contribution in [1.82, 2.24) is 9.88 Å². The van der Waals surface area contributed by atoms with Gasteiger partial charge in [0.15, 0.2) is 0 Å². The summed E-state index contributed by atoms with van der Waals surface area (Å²) in [5.41, 5.74) is 1.48. The fourth-order valence-corrected chi connectivity index (χ4v) is 2.98. The van der Waals surface area contributed by atoms with Crippen LogP contribution in [-0.2, 0) is 9.53 Å². The number of benzene rings is 1. The van der Waals surface area contributed by atoms with E-state index in [0.29, 0.717) is 18.7 Å². The van der Waals surface area contributed by atoms with Gasteiger partial charge in [-0.25, -0.2) is 0 Å². The van der Waals surface area contributed by atoms with Crippen molar-refractivity contribution in [2.45, 2.75) is 25.4 Å². The molecule has 0 bridgehead atoms. The number of carboxylic acid groups (broad SMARTS) is 1. The summed E-state index contributed by atoms with van der Waals surface area (Å²) in [4.78, 5) is 28.5. The number of carbonyl (C=O) groups is 2. The zero-order valence-electron chi connectivity index (χ0n) is 12.8. The average Bonchev–Trinajstić information content (AvgIpc) is 3.21. The van der Waals surface area contributed by atoms with Gasteiger partial charge in [-0.2, -0.15) is 0 Å². The summed E-state index contributed by atoms with van der Waals surface area (Å²) in [6.07, 6.45) is 3.62. The van der Waals surface area contributed by atoms with Crippen LogP contribution in [0.15, 0.2) is 30.5 Å². The molecule has 1 saturated heterocycles. The number of aromatic nitrogens is 1. The van der Waals surface area contributed by atoms with E-state index in [1.807, 2.05) is 18.2 Å². The maximum Gasteiger partial charge on any atom is 0.305 e. The average molecular weight is 316 g/mol. The molecule has 122 valence electrons. The molecule has 1 aromatic carbocycles. The molecule has 2 aromatic rings. The molecule has 2 N–H and O–H groups in total. The fraction of sp³-hybridized carbons (Fsp3) is 0.412. The van der Waals surface area contributed by atoms with Crippen LogP contribution in [0.5, 0.6) is 0 Å². The number of nitrogens with one attached hydrogen (secondary N) is 1. The Balaban J connectivity index is 1.83. The van der Waals surface area contributed by atoms with Crippen LogP contribution in [0.3, 0.4) is 0 Å². The molecule has 1 atom stereocenters. The van der Waals surface area contributed by atoms with Crippen molar-refractivity contribution in [3.63, 3.8) is 0 Å². The predicted molar refractivity (Wildman–Crippen MR) is 85.4 cm³/mol. The van der Waals surface area contributed by atoms with Crippen molar-refractivity contribution in [2.75, 3.05) is 19.7 Å². The number of hydrogen-bond acceptors (Lipinski definition) is 3. The number of carboxylic acids is 1. The Bertz CT molecular complexity index is 703. The number of nitrogens with zero attached hydrogens (tertiary/aromatic N) is 1. The molecule has 6 nitrogen and oxygen atoms in total. The Kier molecular flexibility index (Phi) is 4.62. The zero-order valence-corrected chi connectivity index (χ0v) is 12.8. The fourth-order valence-electron chi connectivity index (χ4n) is 2.98. The Morgan fingerprint density at radius 3 is 2.96 bits per heavy atom. The van der Waals surface area contributed by atoms with Gasteiger partial charge in [-0.1, -0.05) is 6.07 Å². The summed E-state index contributed by atoms with van der Waals surface area (Å²) in [6, 6.07) is 7.38. The van der Waals surface area contributed by atoms with Crippen LogP contribution >= 0.6 is 0 Å². The highest BCUT2D eigenvalue weighted by Crippen LogP contribution is 2.21. The second kappa shape index (κ2) is 6.83. The van der Waals surface area contributed by atoms with Crippen LogP contribution in [0.1, 0.15) is 29.6 Å². The first-order valence-corrected chi connectivity index (χ1v) is 7.84.